The number of hydrogen-bond acceptors (Lipinski definition) is 5. The van der Waals surface area contributed by atoms with Crippen molar-refractivity contribution in [3.8, 4) is 11.5 Å². The van der Waals surface area contributed by atoms with Crippen LogP contribution in [0.2, 0.25) is 0 Å². The van der Waals surface area contributed by atoms with E-state index in [2.05, 4.69) is 10.7 Å². The molecule has 1 rings (SSSR count). The fourth-order valence-corrected chi connectivity index (χ4v) is 1.32. The number of hydrogen-bond donors (Lipinski definition) is 3. The van der Waals surface area contributed by atoms with E-state index in [0.717, 1.165) is 17.0 Å². The first kappa shape index (κ1) is 11.6. The Morgan fingerprint density at radius 2 is 1.80 bits per heavy atom. The summed E-state index contributed by atoms with van der Waals surface area (Å²) < 4.78 is 10.4. The van der Waals surface area contributed by atoms with Crippen LogP contribution in [-0.2, 0) is 0 Å². The van der Waals surface area contributed by atoms with Crippen molar-refractivity contribution in [1.82, 2.24) is 5.43 Å². The van der Waals surface area contributed by atoms with Crippen LogP contribution in [0.3, 0.4) is 0 Å². The van der Waals surface area contributed by atoms with Gasteiger partial charge in [-0.15, -0.1) is 0 Å². The molecule has 0 aromatic heterocycles. The Balaban J connectivity index is 2.97. The predicted molar refractivity (Wildman–Crippen MR) is 60.1 cm³/mol. The van der Waals surface area contributed by atoms with Crippen LogP contribution >= 0.6 is 0 Å². The van der Waals surface area contributed by atoms with Crippen molar-refractivity contribution in [2.45, 2.75) is 6.92 Å². The minimum atomic E-state index is 0.496. The quantitative estimate of drug-likeness (QED) is 0.382. The maximum Gasteiger partial charge on any atom is 0.162 e. The molecule has 0 heterocycles. The van der Waals surface area contributed by atoms with E-state index in [1.807, 2.05) is 19.1 Å². The fourth-order valence-electron chi connectivity index (χ4n) is 1.32. The second kappa shape index (κ2) is 5.43. The van der Waals surface area contributed by atoms with E-state index in [0.29, 0.717) is 12.4 Å². The van der Waals surface area contributed by atoms with Crippen molar-refractivity contribution in [2.24, 2.45) is 5.84 Å². The molecule has 0 atom stereocenters. The molecule has 4 N–H and O–H groups in total. The monoisotopic (exact) mass is 211 g/mol. The van der Waals surface area contributed by atoms with Gasteiger partial charge in [-0.2, -0.15) is 0 Å². The molecule has 0 spiro atoms. The van der Waals surface area contributed by atoms with Crippen LogP contribution in [0.1, 0.15) is 5.56 Å². The van der Waals surface area contributed by atoms with Gasteiger partial charge in [0.25, 0.3) is 0 Å². The molecule has 0 aliphatic carbocycles. The van der Waals surface area contributed by atoms with Gasteiger partial charge < -0.3 is 14.8 Å². The molecular weight excluding hydrogens is 194 g/mol. The third-order valence-corrected chi connectivity index (χ3v) is 2.11. The van der Waals surface area contributed by atoms with E-state index in [-0.39, 0.29) is 0 Å². The summed E-state index contributed by atoms with van der Waals surface area (Å²) in [7, 11) is 3.23. The number of benzene rings is 1. The molecule has 0 bridgehead atoms. The van der Waals surface area contributed by atoms with Gasteiger partial charge in [0.2, 0.25) is 0 Å². The Kier molecular flexibility index (Phi) is 4.20. The largest absolute Gasteiger partial charge is 0.493 e. The molecule has 0 amide bonds. The molecule has 1 aromatic carbocycles. The molecule has 1 aromatic rings. The van der Waals surface area contributed by atoms with Crippen molar-refractivity contribution >= 4 is 5.69 Å². The molecule has 0 saturated heterocycles. The van der Waals surface area contributed by atoms with Gasteiger partial charge in [0.15, 0.2) is 11.5 Å². The highest BCUT2D eigenvalue weighted by atomic mass is 16.5. The average molecular weight is 211 g/mol. The summed E-state index contributed by atoms with van der Waals surface area (Å²) in [6.07, 6.45) is 0. The molecule has 0 radical (unpaired) electrons. The zero-order valence-corrected chi connectivity index (χ0v) is 9.26. The number of anilines is 1. The van der Waals surface area contributed by atoms with E-state index in [1.54, 1.807) is 14.2 Å². The molecule has 0 aliphatic rings. The van der Waals surface area contributed by atoms with Gasteiger partial charge in [-0.1, -0.05) is 0 Å². The second-order valence-electron chi connectivity index (χ2n) is 3.08. The lowest BCUT2D eigenvalue weighted by atomic mass is 10.2. The highest BCUT2D eigenvalue weighted by molar-refractivity contribution is 5.60. The minimum Gasteiger partial charge on any atom is -0.493 e. The SMILES string of the molecule is COc1cc(C)c(NCNN)cc1OC. The van der Waals surface area contributed by atoms with Crippen LogP contribution in [0.5, 0.6) is 11.5 Å². The number of rotatable bonds is 5. The number of methoxy groups -OCH3 is 2. The van der Waals surface area contributed by atoms with Gasteiger partial charge in [0.1, 0.15) is 0 Å². The van der Waals surface area contributed by atoms with Gasteiger partial charge in [-0.05, 0) is 18.6 Å². The molecule has 0 fully saturated rings. The molecule has 0 aliphatic heterocycles. The van der Waals surface area contributed by atoms with E-state index in [1.165, 1.54) is 0 Å². The maximum atomic E-state index is 5.20. The topological polar surface area (TPSA) is 68.5 Å². The average Bonchev–Trinajstić information content (AvgIpc) is 2.27. The van der Waals surface area contributed by atoms with Crippen molar-refractivity contribution in [2.75, 3.05) is 26.2 Å². The zero-order valence-electron chi connectivity index (χ0n) is 9.26. The first-order valence-electron chi connectivity index (χ1n) is 4.63. The lowest BCUT2D eigenvalue weighted by molar-refractivity contribution is 0.355. The van der Waals surface area contributed by atoms with Crippen LogP contribution in [0.4, 0.5) is 5.69 Å². The summed E-state index contributed by atoms with van der Waals surface area (Å²) in [5.41, 5.74) is 4.56. The lowest BCUT2D eigenvalue weighted by Gasteiger charge is -2.13. The van der Waals surface area contributed by atoms with Crippen LogP contribution < -0.4 is 26.1 Å². The van der Waals surface area contributed by atoms with Gasteiger partial charge >= 0.3 is 0 Å². The number of nitrogens with one attached hydrogen (secondary N) is 2. The minimum absolute atomic E-state index is 0.496. The highest BCUT2D eigenvalue weighted by Crippen LogP contribution is 2.32. The Morgan fingerprint density at radius 1 is 1.20 bits per heavy atom. The number of hydrazine groups is 1. The third-order valence-electron chi connectivity index (χ3n) is 2.11. The van der Waals surface area contributed by atoms with Gasteiger partial charge in [0.05, 0.1) is 20.9 Å². The van der Waals surface area contributed by atoms with Crippen molar-refractivity contribution < 1.29 is 9.47 Å². The summed E-state index contributed by atoms with van der Waals surface area (Å²) in [6.45, 7) is 2.48. The molecule has 15 heavy (non-hydrogen) atoms. The molecule has 5 nitrogen and oxygen atoms in total. The van der Waals surface area contributed by atoms with Crippen molar-refractivity contribution in [1.29, 1.82) is 0 Å². The van der Waals surface area contributed by atoms with Crippen molar-refractivity contribution in [3.05, 3.63) is 17.7 Å². The van der Waals surface area contributed by atoms with E-state index in [9.17, 15) is 0 Å². The number of aryl methyl sites for hydroxylation is 1. The second-order valence-corrected chi connectivity index (χ2v) is 3.08. The maximum absolute atomic E-state index is 5.20. The summed E-state index contributed by atoms with van der Waals surface area (Å²) in [5.74, 6) is 6.60. The standard InChI is InChI=1S/C10H17N3O2/c1-7-4-9(14-2)10(15-3)5-8(7)12-6-13-11/h4-5,12-13H,6,11H2,1-3H3. The molecule has 5 heteroatoms. The normalized spacial score (nSPS) is 9.87. The first-order chi connectivity index (χ1) is 7.22. The highest BCUT2D eigenvalue weighted by Gasteiger charge is 2.07. The van der Waals surface area contributed by atoms with Crippen LogP contribution in [0.15, 0.2) is 12.1 Å². The van der Waals surface area contributed by atoms with Gasteiger partial charge in [-0.3, -0.25) is 5.84 Å². The smallest absolute Gasteiger partial charge is 0.162 e. The van der Waals surface area contributed by atoms with Crippen molar-refractivity contribution in [3.63, 3.8) is 0 Å². The Morgan fingerprint density at radius 3 is 2.33 bits per heavy atom. The first-order valence-corrected chi connectivity index (χ1v) is 4.63. The number of nitrogens with two attached hydrogens (primary N) is 1. The van der Waals surface area contributed by atoms with E-state index < -0.39 is 0 Å². The molecule has 0 unspecified atom stereocenters. The van der Waals surface area contributed by atoms with Gasteiger partial charge in [-0.25, -0.2) is 5.43 Å². The fraction of sp³-hybridized carbons (Fsp3) is 0.400. The number of ether oxygens (including phenoxy) is 2. The van der Waals surface area contributed by atoms with Crippen LogP contribution in [0.25, 0.3) is 0 Å². The molecule has 0 saturated carbocycles. The van der Waals surface area contributed by atoms with Crippen LogP contribution in [-0.4, -0.2) is 20.9 Å². The summed E-state index contributed by atoms with van der Waals surface area (Å²) >= 11 is 0. The third kappa shape index (κ3) is 2.74. The summed E-state index contributed by atoms with van der Waals surface area (Å²) in [5, 5.41) is 3.12. The Bertz CT molecular complexity index is 329. The Labute approximate surface area is 89.5 Å². The van der Waals surface area contributed by atoms with Gasteiger partial charge in [0, 0.05) is 11.8 Å². The zero-order chi connectivity index (χ0) is 11.3. The molecular formula is C10H17N3O2. The van der Waals surface area contributed by atoms with E-state index >= 15 is 0 Å². The lowest BCUT2D eigenvalue weighted by Crippen LogP contribution is -2.28. The molecule has 84 valence electrons. The van der Waals surface area contributed by atoms with Crippen LogP contribution in [0, 0.1) is 6.92 Å². The Hall–Kier alpha value is -1.46. The summed E-state index contributed by atoms with van der Waals surface area (Å²) in [4.78, 5) is 0. The summed E-state index contributed by atoms with van der Waals surface area (Å²) in [6, 6.07) is 3.79. The van der Waals surface area contributed by atoms with E-state index in [4.69, 9.17) is 15.3 Å². The predicted octanol–water partition coefficient (Wildman–Crippen LogP) is 0.845.